The minimum Gasteiger partial charge on any atom is -0.379 e. The summed E-state index contributed by atoms with van der Waals surface area (Å²) in [6.45, 7) is 7.36. The molecule has 1 aromatic rings. The van der Waals surface area contributed by atoms with Gasteiger partial charge in [0, 0.05) is 31.4 Å². The summed E-state index contributed by atoms with van der Waals surface area (Å²) in [5.41, 5.74) is 2.16. The van der Waals surface area contributed by atoms with Crippen LogP contribution in [0.4, 0.5) is 5.69 Å². The number of hydrogen-bond acceptors (Lipinski definition) is 4. The molecule has 1 aromatic carbocycles. The van der Waals surface area contributed by atoms with Crippen LogP contribution in [0.5, 0.6) is 0 Å². The van der Waals surface area contributed by atoms with Gasteiger partial charge in [-0.1, -0.05) is 19.1 Å². The maximum absolute atomic E-state index is 12.4. The number of carbonyl (C=O) groups is 1. The normalized spacial score (nSPS) is 24.6. The molecule has 1 saturated carbocycles. The quantitative estimate of drug-likeness (QED) is 0.848. The summed E-state index contributed by atoms with van der Waals surface area (Å²) >= 11 is 0. The average molecular weight is 360 g/mol. The average Bonchev–Trinajstić information content (AvgIpc) is 2.64. The topological polar surface area (TPSA) is 44.8 Å². The first-order valence-corrected chi connectivity index (χ1v) is 9.99. The van der Waals surface area contributed by atoms with Gasteiger partial charge in [0.25, 0.3) is 0 Å². The second-order valence-electron chi connectivity index (χ2n) is 7.96. The molecule has 1 saturated heterocycles. The molecule has 2 aliphatic rings. The van der Waals surface area contributed by atoms with Gasteiger partial charge in [0.2, 0.25) is 5.91 Å². The van der Waals surface area contributed by atoms with Crippen molar-refractivity contribution >= 4 is 11.6 Å². The number of rotatable bonds is 6. The van der Waals surface area contributed by atoms with Crippen LogP contribution in [-0.2, 0) is 16.1 Å². The van der Waals surface area contributed by atoms with Crippen LogP contribution >= 0.6 is 0 Å². The molecule has 0 aromatic heterocycles. The highest BCUT2D eigenvalue weighted by atomic mass is 16.5. The van der Waals surface area contributed by atoms with Gasteiger partial charge in [-0.05, 0) is 56.3 Å². The van der Waals surface area contributed by atoms with Crippen LogP contribution in [0.25, 0.3) is 0 Å². The van der Waals surface area contributed by atoms with Crippen molar-refractivity contribution in [2.75, 3.05) is 45.2 Å². The summed E-state index contributed by atoms with van der Waals surface area (Å²) < 4.78 is 5.39. The van der Waals surface area contributed by atoms with E-state index in [-0.39, 0.29) is 5.91 Å². The van der Waals surface area contributed by atoms with Crippen LogP contribution < -0.4 is 5.32 Å². The first kappa shape index (κ1) is 19.3. The summed E-state index contributed by atoms with van der Waals surface area (Å²) in [6, 6.07) is 8.79. The van der Waals surface area contributed by atoms with Crippen LogP contribution in [0.3, 0.4) is 0 Å². The fraction of sp³-hybridized carbons (Fsp3) is 0.667. The lowest BCUT2D eigenvalue weighted by Gasteiger charge is -2.33. The molecular formula is C21H33N3O2. The molecule has 0 spiro atoms. The summed E-state index contributed by atoms with van der Waals surface area (Å²) in [6.07, 6.45) is 4.98. The zero-order valence-corrected chi connectivity index (χ0v) is 16.2. The molecular weight excluding hydrogens is 326 g/mol. The Morgan fingerprint density at radius 3 is 2.46 bits per heavy atom. The molecule has 1 amide bonds. The Morgan fingerprint density at radius 2 is 1.81 bits per heavy atom. The van der Waals surface area contributed by atoms with Crippen LogP contribution in [0.1, 0.15) is 38.2 Å². The number of hydrogen-bond donors (Lipinski definition) is 1. The monoisotopic (exact) mass is 359 g/mol. The van der Waals surface area contributed by atoms with Gasteiger partial charge in [-0.25, -0.2) is 0 Å². The molecule has 144 valence electrons. The van der Waals surface area contributed by atoms with Crippen LogP contribution in [0, 0.1) is 5.92 Å². The smallest absolute Gasteiger partial charge is 0.238 e. The molecule has 3 rings (SSSR count). The predicted molar refractivity (Wildman–Crippen MR) is 105 cm³/mol. The van der Waals surface area contributed by atoms with Gasteiger partial charge in [-0.3, -0.25) is 14.6 Å². The summed E-state index contributed by atoms with van der Waals surface area (Å²) in [5, 5.41) is 3.04. The largest absolute Gasteiger partial charge is 0.379 e. The van der Waals surface area contributed by atoms with E-state index in [4.69, 9.17) is 4.74 Å². The number of ether oxygens (including phenoxy) is 1. The van der Waals surface area contributed by atoms with Gasteiger partial charge in [0.1, 0.15) is 0 Å². The molecule has 1 aliphatic heterocycles. The number of amides is 1. The first-order chi connectivity index (χ1) is 12.6. The van der Waals surface area contributed by atoms with Crippen molar-refractivity contribution < 1.29 is 9.53 Å². The Balaban J connectivity index is 1.43. The molecule has 0 radical (unpaired) electrons. The van der Waals surface area contributed by atoms with Crippen molar-refractivity contribution in [3.63, 3.8) is 0 Å². The number of nitrogens with one attached hydrogen (secondary N) is 1. The number of benzene rings is 1. The van der Waals surface area contributed by atoms with Gasteiger partial charge >= 0.3 is 0 Å². The van der Waals surface area contributed by atoms with Crippen molar-refractivity contribution in [2.24, 2.45) is 5.92 Å². The summed E-state index contributed by atoms with van der Waals surface area (Å²) in [5.74, 6) is 0.913. The Bertz CT molecular complexity index is 561. The highest BCUT2D eigenvalue weighted by molar-refractivity contribution is 5.92. The van der Waals surface area contributed by atoms with Crippen LogP contribution in [-0.4, -0.2) is 61.6 Å². The Morgan fingerprint density at radius 1 is 1.15 bits per heavy atom. The van der Waals surface area contributed by atoms with Crippen molar-refractivity contribution in [1.29, 1.82) is 0 Å². The molecule has 26 heavy (non-hydrogen) atoms. The molecule has 2 fully saturated rings. The van der Waals surface area contributed by atoms with Crippen LogP contribution in [0.15, 0.2) is 24.3 Å². The zero-order valence-electron chi connectivity index (χ0n) is 16.2. The molecule has 0 bridgehead atoms. The Hall–Kier alpha value is -1.43. The number of carbonyl (C=O) groups excluding carboxylic acids is 1. The van der Waals surface area contributed by atoms with Crippen molar-refractivity contribution in [1.82, 2.24) is 9.80 Å². The fourth-order valence-electron chi connectivity index (χ4n) is 3.95. The highest BCUT2D eigenvalue weighted by Gasteiger charge is 2.22. The standard InChI is InChI=1S/C21H33N3O2/c1-17-3-9-20(10-4-17)23(2)16-21(25)22-19-7-5-18(6-8-19)15-24-11-13-26-14-12-24/h5-8,17,20H,3-4,9-16H2,1-2H3,(H,22,25). The third-order valence-corrected chi connectivity index (χ3v) is 5.75. The SMILES string of the molecule is CC1CCC(N(C)CC(=O)Nc2ccc(CN3CCOCC3)cc2)CC1. The fourth-order valence-corrected chi connectivity index (χ4v) is 3.95. The van der Waals surface area contributed by atoms with E-state index in [9.17, 15) is 4.79 Å². The van der Waals surface area contributed by atoms with E-state index < -0.39 is 0 Å². The molecule has 5 heteroatoms. The zero-order chi connectivity index (χ0) is 18.4. The molecule has 0 unspecified atom stereocenters. The highest BCUT2D eigenvalue weighted by Crippen LogP contribution is 2.26. The van der Waals surface area contributed by atoms with E-state index in [1.807, 2.05) is 12.1 Å². The lowest BCUT2D eigenvalue weighted by atomic mass is 9.87. The Kier molecular flexibility index (Phi) is 7.06. The molecule has 1 heterocycles. The second-order valence-corrected chi connectivity index (χ2v) is 7.96. The minimum atomic E-state index is 0.0760. The summed E-state index contributed by atoms with van der Waals surface area (Å²) in [7, 11) is 2.08. The van der Waals surface area contributed by atoms with Crippen molar-refractivity contribution in [3.05, 3.63) is 29.8 Å². The minimum absolute atomic E-state index is 0.0760. The number of anilines is 1. The third-order valence-electron chi connectivity index (χ3n) is 5.75. The predicted octanol–water partition coefficient (Wildman–Crippen LogP) is 2.97. The van der Waals surface area contributed by atoms with E-state index in [1.54, 1.807) is 0 Å². The van der Waals surface area contributed by atoms with Crippen LogP contribution in [0.2, 0.25) is 0 Å². The maximum atomic E-state index is 12.4. The summed E-state index contributed by atoms with van der Waals surface area (Å²) in [4.78, 5) is 17.0. The van der Waals surface area contributed by atoms with Gasteiger partial charge < -0.3 is 10.1 Å². The van der Waals surface area contributed by atoms with Gasteiger partial charge in [-0.15, -0.1) is 0 Å². The first-order valence-electron chi connectivity index (χ1n) is 9.99. The van der Waals surface area contributed by atoms with E-state index in [1.165, 1.54) is 31.2 Å². The molecule has 1 N–H and O–H groups in total. The van der Waals surface area contributed by atoms with E-state index >= 15 is 0 Å². The molecule has 0 atom stereocenters. The van der Waals surface area contributed by atoms with Gasteiger partial charge in [0.15, 0.2) is 0 Å². The molecule has 5 nitrogen and oxygen atoms in total. The number of nitrogens with zero attached hydrogens (tertiary/aromatic N) is 2. The van der Waals surface area contributed by atoms with Crippen molar-refractivity contribution in [3.8, 4) is 0 Å². The van der Waals surface area contributed by atoms with Gasteiger partial charge in [0.05, 0.1) is 19.8 Å². The van der Waals surface area contributed by atoms with E-state index in [2.05, 4.69) is 41.2 Å². The van der Waals surface area contributed by atoms with Crippen molar-refractivity contribution in [2.45, 2.75) is 45.2 Å². The van der Waals surface area contributed by atoms with E-state index in [0.717, 1.165) is 44.5 Å². The number of likely N-dealkylation sites (N-methyl/N-ethyl adjacent to an activating group) is 1. The lowest BCUT2D eigenvalue weighted by molar-refractivity contribution is -0.117. The lowest BCUT2D eigenvalue weighted by Crippen LogP contribution is -2.39. The maximum Gasteiger partial charge on any atom is 0.238 e. The Labute approximate surface area is 157 Å². The third kappa shape index (κ3) is 5.79. The van der Waals surface area contributed by atoms with Gasteiger partial charge in [-0.2, -0.15) is 0 Å². The van der Waals surface area contributed by atoms with E-state index in [0.29, 0.717) is 12.6 Å². The number of morpholine rings is 1. The molecule has 1 aliphatic carbocycles. The second kappa shape index (κ2) is 9.49.